The van der Waals surface area contributed by atoms with Crippen LogP contribution in [0.15, 0.2) is 0 Å². The van der Waals surface area contributed by atoms with Crippen LogP contribution in [0, 0.1) is 5.92 Å². The molecule has 102 valence electrons. The van der Waals surface area contributed by atoms with Gasteiger partial charge in [0.15, 0.2) is 8.32 Å². The Kier molecular flexibility index (Phi) is 5.19. The van der Waals surface area contributed by atoms with E-state index in [2.05, 4.69) is 33.9 Å². The van der Waals surface area contributed by atoms with Crippen LogP contribution in [-0.2, 0) is 9.26 Å². The van der Waals surface area contributed by atoms with E-state index in [9.17, 15) is 0 Å². The summed E-state index contributed by atoms with van der Waals surface area (Å²) in [6, 6.07) is 0. The Hall–Kier alpha value is 0.0969. The molecule has 0 aliphatic heterocycles. The van der Waals surface area contributed by atoms with Crippen LogP contribution in [0.2, 0.25) is 18.1 Å². The van der Waals surface area contributed by atoms with E-state index in [1.807, 2.05) is 0 Å². The second-order valence-electron chi connectivity index (χ2n) is 6.85. The van der Waals surface area contributed by atoms with Crippen LogP contribution < -0.4 is 5.90 Å². The first-order valence-corrected chi connectivity index (χ1v) is 9.66. The maximum absolute atomic E-state index is 6.44. The lowest BCUT2D eigenvalue weighted by Gasteiger charge is -2.41. The highest BCUT2D eigenvalue weighted by Crippen LogP contribution is 2.39. The van der Waals surface area contributed by atoms with Gasteiger partial charge >= 0.3 is 0 Å². The topological polar surface area (TPSA) is 44.5 Å². The molecule has 0 heterocycles. The summed E-state index contributed by atoms with van der Waals surface area (Å²) in [4.78, 5) is 4.74. The highest BCUT2D eigenvalue weighted by molar-refractivity contribution is 6.74. The van der Waals surface area contributed by atoms with Crippen molar-refractivity contribution in [2.24, 2.45) is 11.8 Å². The van der Waals surface area contributed by atoms with Gasteiger partial charge in [-0.05, 0) is 49.7 Å². The average molecular weight is 259 g/mol. The summed E-state index contributed by atoms with van der Waals surface area (Å²) in [5.74, 6) is 5.77. The largest absolute Gasteiger partial charge is 0.414 e. The number of hydrogen-bond acceptors (Lipinski definition) is 3. The van der Waals surface area contributed by atoms with E-state index in [-0.39, 0.29) is 0 Å². The van der Waals surface area contributed by atoms with E-state index < -0.39 is 8.32 Å². The van der Waals surface area contributed by atoms with E-state index in [0.29, 0.717) is 23.7 Å². The molecule has 0 atom stereocenters. The van der Waals surface area contributed by atoms with E-state index in [1.165, 1.54) is 25.7 Å². The van der Waals surface area contributed by atoms with E-state index in [4.69, 9.17) is 15.2 Å². The highest BCUT2D eigenvalue weighted by Gasteiger charge is 2.39. The molecular weight excluding hydrogens is 230 g/mol. The summed E-state index contributed by atoms with van der Waals surface area (Å²) in [5.41, 5.74) is 0. The molecule has 3 nitrogen and oxygen atoms in total. The molecule has 4 heteroatoms. The normalized spacial score (nSPS) is 27.2. The van der Waals surface area contributed by atoms with Crippen molar-refractivity contribution < 1.29 is 9.26 Å². The molecule has 1 saturated carbocycles. The summed E-state index contributed by atoms with van der Waals surface area (Å²) < 4.78 is 6.44. The number of hydrogen-bond donors (Lipinski definition) is 1. The van der Waals surface area contributed by atoms with Gasteiger partial charge in [0.05, 0.1) is 6.61 Å². The van der Waals surface area contributed by atoms with Gasteiger partial charge in [0, 0.05) is 6.10 Å². The molecule has 1 fully saturated rings. The molecule has 1 aliphatic carbocycles. The van der Waals surface area contributed by atoms with Gasteiger partial charge < -0.3 is 9.26 Å². The molecule has 0 spiro atoms. The van der Waals surface area contributed by atoms with Gasteiger partial charge in [-0.3, -0.25) is 0 Å². The maximum Gasteiger partial charge on any atom is 0.192 e. The SMILES string of the molecule is CC(C)(C)[Si](C)(C)O[C@H]1CC[C@H](CON)CC1. The zero-order chi connectivity index (χ0) is 13.1. The van der Waals surface area contributed by atoms with Crippen molar-refractivity contribution in [1.82, 2.24) is 0 Å². The second kappa shape index (κ2) is 5.82. The van der Waals surface area contributed by atoms with Crippen molar-refractivity contribution in [2.45, 2.75) is 70.7 Å². The fraction of sp³-hybridized carbons (Fsp3) is 1.00. The first-order chi connectivity index (χ1) is 7.76. The Morgan fingerprint density at radius 3 is 2.06 bits per heavy atom. The molecular formula is C13H29NO2Si. The first-order valence-electron chi connectivity index (χ1n) is 6.76. The minimum atomic E-state index is -1.59. The van der Waals surface area contributed by atoms with Crippen LogP contribution in [0.4, 0.5) is 0 Å². The monoisotopic (exact) mass is 259 g/mol. The van der Waals surface area contributed by atoms with Crippen molar-refractivity contribution in [1.29, 1.82) is 0 Å². The summed E-state index contributed by atoms with van der Waals surface area (Å²) in [6.45, 7) is 12.3. The molecule has 0 radical (unpaired) electrons. The van der Waals surface area contributed by atoms with Gasteiger partial charge in [-0.1, -0.05) is 20.8 Å². The molecule has 0 saturated heterocycles. The van der Waals surface area contributed by atoms with Gasteiger partial charge in [-0.25, -0.2) is 5.90 Å². The lowest BCUT2D eigenvalue weighted by molar-refractivity contribution is 0.0552. The second-order valence-corrected chi connectivity index (χ2v) is 11.6. The fourth-order valence-electron chi connectivity index (χ4n) is 2.15. The molecule has 0 amide bonds. The van der Waals surface area contributed by atoms with Crippen molar-refractivity contribution in [3.8, 4) is 0 Å². The smallest absolute Gasteiger partial charge is 0.192 e. The van der Waals surface area contributed by atoms with E-state index in [0.717, 1.165) is 0 Å². The zero-order valence-corrected chi connectivity index (χ0v) is 13.1. The maximum atomic E-state index is 6.44. The Morgan fingerprint density at radius 2 is 1.65 bits per heavy atom. The highest BCUT2D eigenvalue weighted by atomic mass is 28.4. The lowest BCUT2D eigenvalue weighted by atomic mass is 9.88. The summed E-state index contributed by atoms with van der Waals surface area (Å²) in [6.07, 6.45) is 5.18. The summed E-state index contributed by atoms with van der Waals surface area (Å²) >= 11 is 0. The Labute approximate surface area is 107 Å². The third-order valence-electron chi connectivity index (χ3n) is 4.39. The van der Waals surface area contributed by atoms with Crippen LogP contribution in [0.3, 0.4) is 0 Å². The molecule has 0 aromatic heterocycles. The molecule has 0 aromatic carbocycles. The van der Waals surface area contributed by atoms with Gasteiger partial charge in [0.1, 0.15) is 0 Å². The van der Waals surface area contributed by atoms with Crippen molar-refractivity contribution in [3.63, 3.8) is 0 Å². The van der Waals surface area contributed by atoms with E-state index >= 15 is 0 Å². The van der Waals surface area contributed by atoms with Gasteiger partial charge in [0.25, 0.3) is 0 Å². The molecule has 0 bridgehead atoms. The minimum absolute atomic E-state index is 0.310. The molecule has 0 aromatic rings. The van der Waals surface area contributed by atoms with Gasteiger partial charge in [-0.15, -0.1) is 0 Å². The molecule has 2 N–H and O–H groups in total. The third kappa shape index (κ3) is 4.36. The Balaban J connectivity index is 2.40. The third-order valence-corrected chi connectivity index (χ3v) is 8.93. The van der Waals surface area contributed by atoms with Crippen LogP contribution in [0.25, 0.3) is 0 Å². The first kappa shape index (κ1) is 15.2. The molecule has 0 unspecified atom stereocenters. The Bertz CT molecular complexity index is 230. The fourth-order valence-corrected chi connectivity index (χ4v) is 3.57. The molecule has 17 heavy (non-hydrogen) atoms. The molecule has 1 aliphatic rings. The lowest BCUT2D eigenvalue weighted by Crippen LogP contribution is -2.44. The van der Waals surface area contributed by atoms with Gasteiger partial charge in [-0.2, -0.15) is 0 Å². The van der Waals surface area contributed by atoms with Crippen LogP contribution in [-0.4, -0.2) is 21.0 Å². The van der Waals surface area contributed by atoms with Crippen molar-refractivity contribution >= 4 is 8.32 Å². The van der Waals surface area contributed by atoms with E-state index in [1.54, 1.807) is 0 Å². The zero-order valence-electron chi connectivity index (χ0n) is 12.1. The standard InChI is InChI=1S/C13H29NO2Si/c1-13(2,3)17(4,5)16-12-8-6-11(7-9-12)10-15-14/h11-12H,6-10,14H2,1-5H3/t11-,12-. The average Bonchev–Trinajstić information content (AvgIpc) is 2.19. The summed E-state index contributed by atoms with van der Waals surface area (Å²) in [5, 5.41) is 0.310. The Morgan fingerprint density at radius 1 is 1.12 bits per heavy atom. The predicted molar refractivity (Wildman–Crippen MR) is 74.2 cm³/mol. The predicted octanol–water partition coefficient (Wildman–Crippen LogP) is 3.46. The van der Waals surface area contributed by atoms with Crippen molar-refractivity contribution in [3.05, 3.63) is 0 Å². The number of rotatable bonds is 4. The van der Waals surface area contributed by atoms with Crippen LogP contribution >= 0.6 is 0 Å². The number of nitrogens with two attached hydrogens (primary N) is 1. The van der Waals surface area contributed by atoms with Gasteiger partial charge in [0.2, 0.25) is 0 Å². The minimum Gasteiger partial charge on any atom is -0.414 e. The van der Waals surface area contributed by atoms with Crippen molar-refractivity contribution in [2.75, 3.05) is 6.61 Å². The molecule has 1 rings (SSSR count). The van der Waals surface area contributed by atoms with Crippen LogP contribution in [0.5, 0.6) is 0 Å². The quantitative estimate of drug-likeness (QED) is 0.621. The van der Waals surface area contributed by atoms with Crippen LogP contribution in [0.1, 0.15) is 46.5 Å². The summed E-state index contributed by atoms with van der Waals surface area (Å²) in [7, 11) is -1.59.